The predicted molar refractivity (Wildman–Crippen MR) is 131 cm³/mol. The van der Waals surface area contributed by atoms with E-state index in [9.17, 15) is 0 Å². The van der Waals surface area contributed by atoms with Crippen LogP contribution in [0.5, 0.6) is 0 Å². The Kier molecular flexibility index (Phi) is 4.33. The van der Waals surface area contributed by atoms with Crippen LogP contribution in [0.4, 0.5) is 0 Å². The van der Waals surface area contributed by atoms with Gasteiger partial charge in [0.25, 0.3) is 0 Å². The van der Waals surface area contributed by atoms with E-state index >= 15 is 0 Å². The molecule has 7 rings (SSSR count). The Morgan fingerprint density at radius 2 is 0.939 bits per heavy atom. The highest BCUT2D eigenvalue weighted by molar-refractivity contribution is 5.86. The minimum atomic E-state index is -0.323. The molecular weight excluding hydrogens is 404 g/mol. The Bertz CT molecular complexity index is 1210. The van der Waals surface area contributed by atoms with E-state index < -0.39 is 0 Å². The number of epoxide rings is 2. The van der Waals surface area contributed by atoms with Crippen LogP contribution in [0.2, 0.25) is 0 Å². The monoisotopic (exact) mass is 430 g/mol. The van der Waals surface area contributed by atoms with Gasteiger partial charge < -0.3 is 9.47 Å². The van der Waals surface area contributed by atoms with Crippen LogP contribution in [0.25, 0.3) is 11.1 Å². The van der Waals surface area contributed by atoms with Crippen molar-refractivity contribution in [1.29, 1.82) is 0 Å². The predicted octanol–water partition coefficient (Wildman–Crippen LogP) is 5.93. The van der Waals surface area contributed by atoms with Gasteiger partial charge in [0, 0.05) is 12.8 Å². The molecule has 4 aromatic rings. The third-order valence-corrected chi connectivity index (χ3v) is 7.46. The normalized spacial score (nSPS) is 21.3. The van der Waals surface area contributed by atoms with Gasteiger partial charge in [0.1, 0.15) is 0 Å². The maximum atomic E-state index is 5.46. The first kappa shape index (κ1) is 19.3. The molecule has 3 aliphatic rings. The molecule has 33 heavy (non-hydrogen) atoms. The lowest BCUT2D eigenvalue weighted by Crippen LogP contribution is -2.28. The number of hydrogen-bond acceptors (Lipinski definition) is 2. The molecule has 2 nitrogen and oxygen atoms in total. The summed E-state index contributed by atoms with van der Waals surface area (Å²) in [6.45, 7) is 1.79. The SMILES string of the molecule is c1ccc2c(c1)-c1ccccc1C2(c1ccc(CC2CO2)cc1)c1ccc(CC2CO2)cc1. The zero-order chi connectivity index (χ0) is 21.8. The van der Waals surface area contributed by atoms with Crippen LogP contribution in [0.1, 0.15) is 33.4 Å². The Morgan fingerprint density at radius 1 is 0.545 bits per heavy atom. The standard InChI is InChI=1S/C31H26O2/c1-3-7-29-27(5-1)28-6-2-4-8-30(28)31(29,23-13-9-21(10-14-23)17-25-19-32-25)24-15-11-22(12-16-24)18-26-20-33-26/h1-16,25-26H,17-20H2. The van der Waals surface area contributed by atoms with Crippen molar-refractivity contribution >= 4 is 0 Å². The van der Waals surface area contributed by atoms with E-state index in [1.165, 1.54) is 44.5 Å². The van der Waals surface area contributed by atoms with Gasteiger partial charge in [-0.2, -0.15) is 0 Å². The fraction of sp³-hybridized carbons (Fsp3) is 0.226. The van der Waals surface area contributed by atoms with Crippen molar-refractivity contribution in [3.05, 3.63) is 130 Å². The molecule has 2 fully saturated rings. The molecule has 0 radical (unpaired) electrons. The fourth-order valence-electron chi connectivity index (χ4n) is 5.70. The molecule has 0 spiro atoms. The summed E-state index contributed by atoms with van der Waals surface area (Å²) in [5, 5.41) is 0. The van der Waals surface area contributed by atoms with Gasteiger partial charge in [-0.3, -0.25) is 0 Å². The summed E-state index contributed by atoms with van der Waals surface area (Å²) in [6.07, 6.45) is 2.80. The number of ether oxygens (including phenoxy) is 2. The Hall–Kier alpha value is -3.20. The highest BCUT2D eigenvalue weighted by Gasteiger charge is 2.45. The molecule has 0 aromatic heterocycles. The van der Waals surface area contributed by atoms with Crippen LogP contribution >= 0.6 is 0 Å². The topological polar surface area (TPSA) is 25.1 Å². The molecule has 2 saturated heterocycles. The van der Waals surface area contributed by atoms with Crippen molar-refractivity contribution < 1.29 is 9.47 Å². The maximum Gasteiger partial charge on any atom is 0.0850 e. The van der Waals surface area contributed by atoms with Crippen molar-refractivity contribution in [3.8, 4) is 11.1 Å². The number of rotatable bonds is 6. The second-order valence-corrected chi connectivity index (χ2v) is 9.55. The van der Waals surface area contributed by atoms with Crippen LogP contribution < -0.4 is 0 Å². The van der Waals surface area contributed by atoms with Crippen LogP contribution in [0.3, 0.4) is 0 Å². The van der Waals surface area contributed by atoms with E-state index in [1.54, 1.807) is 0 Å². The van der Waals surface area contributed by atoms with Gasteiger partial charge in [0.15, 0.2) is 0 Å². The molecule has 162 valence electrons. The molecule has 2 heteroatoms. The average molecular weight is 431 g/mol. The van der Waals surface area contributed by atoms with Crippen LogP contribution in [-0.4, -0.2) is 25.4 Å². The van der Waals surface area contributed by atoms with Gasteiger partial charge in [-0.15, -0.1) is 0 Å². The van der Waals surface area contributed by atoms with E-state index in [0.29, 0.717) is 12.2 Å². The van der Waals surface area contributed by atoms with Gasteiger partial charge in [-0.05, 0) is 44.5 Å². The lowest BCUT2D eigenvalue weighted by molar-refractivity contribution is 0.407. The molecule has 0 saturated carbocycles. The molecule has 2 atom stereocenters. The lowest BCUT2D eigenvalue weighted by Gasteiger charge is -2.34. The minimum absolute atomic E-state index is 0.323. The number of hydrogen-bond donors (Lipinski definition) is 0. The molecule has 0 bridgehead atoms. The lowest BCUT2D eigenvalue weighted by atomic mass is 9.67. The zero-order valence-electron chi connectivity index (χ0n) is 18.5. The summed E-state index contributed by atoms with van der Waals surface area (Å²) in [6, 6.07) is 36.3. The summed E-state index contributed by atoms with van der Waals surface area (Å²) in [5.41, 5.74) is 10.4. The van der Waals surface area contributed by atoms with E-state index in [2.05, 4.69) is 97.1 Å². The van der Waals surface area contributed by atoms with Gasteiger partial charge in [0.05, 0.1) is 30.8 Å². The van der Waals surface area contributed by atoms with Gasteiger partial charge in [0.2, 0.25) is 0 Å². The van der Waals surface area contributed by atoms with E-state index in [4.69, 9.17) is 9.47 Å². The molecule has 2 unspecified atom stereocenters. The summed E-state index contributed by atoms with van der Waals surface area (Å²) in [7, 11) is 0. The van der Waals surface area contributed by atoms with Crippen molar-refractivity contribution in [1.82, 2.24) is 0 Å². The summed E-state index contributed by atoms with van der Waals surface area (Å²) >= 11 is 0. The fourth-order valence-corrected chi connectivity index (χ4v) is 5.70. The van der Waals surface area contributed by atoms with E-state index in [-0.39, 0.29) is 5.41 Å². The molecule has 0 amide bonds. The molecule has 4 aromatic carbocycles. The number of fused-ring (bicyclic) bond motifs is 3. The van der Waals surface area contributed by atoms with Gasteiger partial charge in [-0.1, -0.05) is 97.1 Å². The molecule has 1 aliphatic carbocycles. The highest BCUT2D eigenvalue weighted by atomic mass is 16.6. The second-order valence-electron chi connectivity index (χ2n) is 9.55. The van der Waals surface area contributed by atoms with E-state index in [1.807, 2.05) is 0 Å². The van der Waals surface area contributed by atoms with Crippen LogP contribution in [0.15, 0.2) is 97.1 Å². The summed E-state index contributed by atoms with van der Waals surface area (Å²) in [4.78, 5) is 0. The first-order valence-electron chi connectivity index (χ1n) is 11.9. The minimum Gasteiger partial charge on any atom is -0.373 e. The average Bonchev–Trinajstić information content (AvgIpc) is 3.80. The highest BCUT2D eigenvalue weighted by Crippen LogP contribution is 2.55. The summed E-state index contributed by atoms with van der Waals surface area (Å²) < 4.78 is 10.9. The molecule has 0 N–H and O–H groups in total. The first-order valence-corrected chi connectivity index (χ1v) is 11.9. The van der Waals surface area contributed by atoms with Crippen molar-refractivity contribution in [2.75, 3.05) is 13.2 Å². The van der Waals surface area contributed by atoms with Crippen LogP contribution in [0, 0.1) is 0 Å². The molecular formula is C31H26O2. The Balaban J connectivity index is 1.43. The van der Waals surface area contributed by atoms with E-state index in [0.717, 1.165) is 26.1 Å². The second kappa shape index (κ2) is 7.41. The van der Waals surface area contributed by atoms with Crippen LogP contribution in [-0.2, 0) is 27.7 Å². The Labute approximate surface area is 194 Å². The maximum absolute atomic E-state index is 5.46. The quantitative estimate of drug-likeness (QED) is 0.312. The smallest absolute Gasteiger partial charge is 0.0850 e. The molecule has 2 aliphatic heterocycles. The van der Waals surface area contributed by atoms with Gasteiger partial charge in [-0.25, -0.2) is 0 Å². The zero-order valence-corrected chi connectivity index (χ0v) is 18.5. The first-order chi connectivity index (χ1) is 16.3. The third kappa shape index (κ3) is 3.17. The van der Waals surface area contributed by atoms with Crippen molar-refractivity contribution in [3.63, 3.8) is 0 Å². The number of benzene rings is 4. The Morgan fingerprint density at radius 3 is 1.33 bits per heavy atom. The third-order valence-electron chi connectivity index (χ3n) is 7.46. The van der Waals surface area contributed by atoms with Crippen molar-refractivity contribution in [2.24, 2.45) is 0 Å². The summed E-state index contributed by atoms with van der Waals surface area (Å²) in [5.74, 6) is 0. The molecule has 2 heterocycles. The van der Waals surface area contributed by atoms with Crippen molar-refractivity contribution in [2.45, 2.75) is 30.5 Å². The van der Waals surface area contributed by atoms with Gasteiger partial charge >= 0.3 is 0 Å². The largest absolute Gasteiger partial charge is 0.373 e.